The van der Waals surface area contributed by atoms with Crippen molar-refractivity contribution in [2.24, 2.45) is 23.7 Å². The lowest BCUT2D eigenvalue weighted by atomic mass is 9.53. The molecule has 0 radical (unpaired) electrons. The molecule has 35 heavy (non-hydrogen) atoms. The first-order chi connectivity index (χ1) is 16.9. The highest BCUT2D eigenvalue weighted by molar-refractivity contribution is 7.15. The molecule has 2 aromatic heterocycles. The SMILES string of the molecule is CC(C)CCC(NC(=O)NC12CC3CC(CC(C3)C1)C2)c1c(-n2cccc2)sc2c1CCN(C)C2. The molecule has 5 nitrogen and oxygen atoms in total. The molecule has 0 spiro atoms. The van der Waals surface area contributed by atoms with Crippen molar-refractivity contribution in [2.75, 3.05) is 13.6 Å². The van der Waals surface area contributed by atoms with Gasteiger partial charge in [0.1, 0.15) is 5.00 Å². The molecule has 2 aromatic rings. The number of hydrogen-bond donors (Lipinski definition) is 2. The summed E-state index contributed by atoms with van der Waals surface area (Å²) in [6.45, 7) is 6.66. The highest BCUT2D eigenvalue weighted by Crippen LogP contribution is 2.55. The van der Waals surface area contributed by atoms with Gasteiger partial charge in [0, 0.05) is 41.5 Å². The van der Waals surface area contributed by atoms with Crippen molar-refractivity contribution in [1.29, 1.82) is 0 Å². The van der Waals surface area contributed by atoms with Crippen LogP contribution in [0.2, 0.25) is 0 Å². The Morgan fingerprint density at radius 2 is 1.74 bits per heavy atom. The van der Waals surface area contributed by atoms with E-state index >= 15 is 0 Å². The summed E-state index contributed by atoms with van der Waals surface area (Å²) in [7, 11) is 2.21. The molecule has 0 saturated heterocycles. The molecule has 4 fully saturated rings. The second-order valence-electron chi connectivity index (χ2n) is 12.6. The van der Waals surface area contributed by atoms with Crippen LogP contribution in [-0.4, -0.2) is 34.6 Å². The number of rotatable bonds is 7. The molecule has 1 atom stereocenters. The number of hydrogen-bond acceptors (Lipinski definition) is 3. The number of fused-ring (bicyclic) bond motifs is 1. The summed E-state index contributed by atoms with van der Waals surface area (Å²) in [4.78, 5) is 17.5. The number of urea groups is 1. The van der Waals surface area contributed by atoms with Crippen molar-refractivity contribution >= 4 is 17.4 Å². The zero-order valence-electron chi connectivity index (χ0n) is 21.7. The van der Waals surface area contributed by atoms with E-state index < -0.39 is 0 Å². The minimum atomic E-state index is 0.0431. The minimum Gasteiger partial charge on any atom is -0.333 e. The van der Waals surface area contributed by atoms with Crippen molar-refractivity contribution in [3.63, 3.8) is 0 Å². The van der Waals surface area contributed by atoms with E-state index in [2.05, 4.69) is 65.5 Å². The number of aromatic nitrogens is 1. The lowest BCUT2D eigenvalue weighted by Gasteiger charge is -2.56. The van der Waals surface area contributed by atoms with Crippen LogP contribution in [0.1, 0.15) is 87.3 Å². The fourth-order valence-electron chi connectivity index (χ4n) is 8.05. The molecule has 2 N–H and O–H groups in total. The van der Waals surface area contributed by atoms with Gasteiger partial charge in [-0.1, -0.05) is 13.8 Å². The van der Waals surface area contributed by atoms with E-state index in [0.29, 0.717) is 5.92 Å². The van der Waals surface area contributed by atoms with Crippen LogP contribution < -0.4 is 10.6 Å². The number of amides is 2. The van der Waals surface area contributed by atoms with Crippen molar-refractivity contribution in [2.45, 2.75) is 89.8 Å². The van der Waals surface area contributed by atoms with E-state index in [1.165, 1.54) is 59.5 Å². The van der Waals surface area contributed by atoms with Crippen LogP contribution in [-0.2, 0) is 13.0 Å². The van der Waals surface area contributed by atoms with Crippen LogP contribution >= 0.6 is 11.3 Å². The van der Waals surface area contributed by atoms with Crippen molar-refractivity contribution < 1.29 is 4.79 Å². The summed E-state index contributed by atoms with van der Waals surface area (Å²) < 4.78 is 2.26. The zero-order chi connectivity index (χ0) is 24.2. The molecular weight excluding hydrogens is 452 g/mol. The minimum absolute atomic E-state index is 0.0431. The van der Waals surface area contributed by atoms with Crippen molar-refractivity contribution in [3.05, 3.63) is 40.5 Å². The van der Waals surface area contributed by atoms with Gasteiger partial charge in [-0.15, -0.1) is 11.3 Å². The van der Waals surface area contributed by atoms with E-state index in [4.69, 9.17) is 0 Å². The van der Waals surface area contributed by atoms with Gasteiger partial charge in [-0.25, -0.2) is 4.79 Å². The highest BCUT2D eigenvalue weighted by Gasteiger charge is 2.51. The summed E-state index contributed by atoms with van der Waals surface area (Å²) in [6, 6.07) is 4.31. The van der Waals surface area contributed by atoms with Crippen LogP contribution in [0.5, 0.6) is 0 Å². The van der Waals surface area contributed by atoms with Crippen molar-refractivity contribution in [3.8, 4) is 5.00 Å². The lowest BCUT2D eigenvalue weighted by Crippen LogP contribution is -2.61. The summed E-state index contributed by atoms with van der Waals surface area (Å²) in [6.07, 6.45) is 15.2. The summed E-state index contributed by atoms with van der Waals surface area (Å²) >= 11 is 1.92. The highest BCUT2D eigenvalue weighted by atomic mass is 32.1. The Hall–Kier alpha value is -1.79. The Balaban J connectivity index is 1.29. The van der Waals surface area contributed by atoms with E-state index in [-0.39, 0.29) is 17.6 Å². The summed E-state index contributed by atoms with van der Waals surface area (Å²) in [5.41, 5.74) is 2.90. The Labute approximate surface area is 214 Å². The lowest BCUT2D eigenvalue weighted by molar-refractivity contribution is -0.0136. The number of likely N-dealkylation sites (N-methyl/N-ethyl adjacent to an activating group) is 1. The average molecular weight is 495 g/mol. The van der Waals surface area contributed by atoms with Gasteiger partial charge in [0.2, 0.25) is 0 Å². The first kappa shape index (κ1) is 23.6. The Kier molecular flexibility index (Phi) is 6.24. The number of carbonyl (C=O) groups is 1. The zero-order valence-corrected chi connectivity index (χ0v) is 22.5. The third-order valence-corrected chi connectivity index (χ3v) is 10.5. The number of thiophene rings is 1. The molecule has 1 unspecified atom stereocenters. The van der Waals surface area contributed by atoms with Gasteiger partial charge in [0.15, 0.2) is 0 Å². The molecule has 1 aliphatic heterocycles. The van der Waals surface area contributed by atoms with Crippen LogP contribution in [0.15, 0.2) is 24.5 Å². The van der Waals surface area contributed by atoms with Gasteiger partial charge < -0.3 is 20.1 Å². The Bertz CT molecular complexity index is 1020. The molecule has 0 aromatic carbocycles. The third-order valence-electron chi connectivity index (χ3n) is 9.21. The first-order valence-electron chi connectivity index (χ1n) is 13.9. The number of carbonyl (C=O) groups excluding carboxylic acids is 1. The molecule has 4 bridgehead atoms. The molecule has 190 valence electrons. The fraction of sp³-hybridized carbons (Fsp3) is 0.690. The van der Waals surface area contributed by atoms with Gasteiger partial charge in [0.25, 0.3) is 0 Å². The predicted molar refractivity (Wildman–Crippen MR) is 143 cm³/mol. The standard InChI is InChI=1S/C29H42N4OS/c1-19(2)6-7-24(30-28(34)31-29-15-20-12-21(16-29)14-22(13-20)17-29)26-23-8-11-32(3)18-25(23)35-27(26)33-9-4-5-10-33/h4-5,9-10,19-22,24H,6-8,11-18H2,1-3H3,(H2,30,31,34). The predicted octanol–water partition coefficient (Wildman–Crippen LogP) is 6.27. The maximum absolute atomic E-state index is 13.7. The quantitative estimate of drug-likeness (QED) is 0.476. The number of nitrogens with zero attached hydrogens (tertiary/aromatic N) is 2. The van der Waals surface area contributed by atoms with E-state index in [1.807, 2.05) is 11.3 Å². The Morgan fingerprint density at radius 3 is 2.37 bits per heavy atom. The topological polar surface area (TPSA) is 49.3 Å². The van der Waals surface area contributed by atoms with E-state index in [0.717, 1.165) is 50.1 Å². The van der Waals surface area contributed by atoms with Gasteiger partial charge in [-0.05, 0) is 106 Å². The van der Waals surface area contributed by atoms with Crippen LogP contribution in [0, 0.1) is 23.7 Å². The van der Waals surface area contributed by atoms with Crippen molar-refractivity contribution in [1.82, 2.24) is 20.1 Å². The van der Waals surface area contributed by atoms with Gasteiger partial charge in [-0.3, -0.25) is 0 Å². The van der Waals surface area contributed by atoms with Gasteiger partial charge >= 0.3 is 6.03 Å². The first-order valence-corrected chi connectivity index (χ1v) is 14.7. The second kappa shape index (κ2) is 9.26. The fourth-order valence-corrected chi connectivity index (χ4v) is 9.51. The van der Waals surface area contributed by atoms with Gasteiger partial charge in [-0.2, -0.15) is 0 Å². The van der Waals surface area contributed by atoms with Crippen LogP contribution in [0.4, 0.5) is 4.79 Å². The van der Waals surface area contributed by atoms with E-state index in [1.54, 1.807) is 0 Å². The van der Waals surface area contributed by atoms with Crippen LogP contribution in [0.3, 0.4) is 0 Å². The normalized spacial score (nSPS) is 30.5. The summed E-state index contributed by atoms with van der Waals surface area (Å²) in [5, 5.41) is 8.42. The maximum Gasteiger partial charge on any atom is 0.315 e. The molecule has 5 aliphatic rings. The Morgan fingerprint density at radius 1 is 1.09 bits per heavy atom. The molecular formula is C29H42N4OS. The van der Waals surface area contributed by atoms with Gasteiger partial charge in [0.05, 0.1) is 6.04 Å². The molecule has 4 saturated carbocycles. The maximum atomic E-state index is 13.7. The van der Waals surface area contributed by atoms with E-state index in [9.17, 15) is 4.79 Å². The summed E-state index contributed by atoms with van der Waals surface area (Å²) in [5.74, 6) is 3.11. The second-order valence-corrected chi connectivity index (χ2v) is 13.7. The average Bonchev–Trinajstić information content (AvgIpc) is 3.42. The molecule has 4 aliphatic carbocycles. The largest absolute Gasteiger partial charge is 0.333 e. The molecule has 3 heterocycles. The monoisotopic (exact) mass is 494 g/mol. The molecule has 6 heteroatoms. The smallest absolute Gasteiger partial charge is 0.315 e. The van der Waals surface area contributed by atoms with Crippen LogP contribution in [0.25, 0.3) is 5.00 Å². The molecule has 7 rings (SSSR count). The number of nitrogens with one attached hydrogen (secondary N) is 2. The molecule has 2 amide bonds. The third kappa shape index (κ3) is 4.69.